The van der Waals surface area contributed by atoms with Gasteiger partial charge in [-0.1, -0.05) is 25.1 Å². The molecule has 2 amide bonds. The van der Waals surface area contributed by atoms with Crippen LogP contribution in [0.1, 0.15) is 19.4 Å². The molecular weight excluding hydrogens is 554 g/mol. The minimum absolute atomic E-state index is 0.000473. The first-order valence-corrected chi connectivity index (χ1v) is 14.3. The highest BCUT2D eigenvalue weighted by Gasteiger charge is 2.38. The van der Waals surface area contributed by atoms with Gasteiger partial charge in [0.05, 0.1) is 30.5 Å². The Bertz CT molecular complexity index is 1580. The maximum atomic E-state index is 14.1. The van der Waals surface area contributed by atoms with Crippen molar-refractivity contribution in [2.45, 2.75) is 30.9 Å². The van der Waals surface area contributed by atoms with E-state index in [1.54, 1.807) is 50.2 Å². The van der Waals surface area contributed by atoms with E-state index in [0.717, 1.165) is 23.8 Å². The van der Waals surface area contributed by atoms with Gasteiger partial charge in [0, 0.05) is 31.6 Å². The van der Waals surface area contributed by atoms with Crippen molar-refractivity contribution >= 4 is 21.7 Å². The number of hydrogen-bond acceptors (Lipinski definition) is 6. The molecule has 1 aliphatic heterocycles. The molecule has 216 valence electrons. The quantitative estimate of drug-likeness (QED) is 0.442. The van der Waals surface area contributed by atoms with Crippen LogP contribution in [-0.4, -0.2) is 67.7 Å². The van der Waals surface area contributed by atoms with E-state index in [1.165, 1.54) is 22.3 Å². The van der Waals surface area contributed by atoms with Gasteiger partial charge in [0.2, 0.25) is 10.0 Å². The minimum atomic E-state index is -4.08. The Hall–Kier alpha value is -4.05. The number of halogens is 2. The molecule has 1 heterocycles. The molecule has 0 saturated carbocycles. The van der Waals surface area contributed by atoms with E-state index in [9.17, 15) is 27.1 Å². The topological polar surface area (TPSA) is 123 Å². The van der Waals surface area contributed by atoms with Crippen LogP contribution in [0.2, 0.25) is 0 Å². The number of benzene rings is 3. The van der Waals surface area contributed by atoms with Crippen molar-refractivity contribution < 1.29 is 31.8 Å². The van der Waals surface area contributed by atoms with E-state index in [1.807, 2.05) is 0 Å². The SMILES string of the molecule is C[C@H](CO)N1C[C@H](C)[C@H](CN(C)C(=O)Nc2cc(F)ccc2F)Oc2cc(-c3ccc(C#N)cc3)ccc2S1(=O)=O. The maximum absolute atomic E-state index is 14.1. The molecule has 3 aromatic carbocycles. The van der Waals surface area contributed by atoms with Gasteiger partial charge in [0.15, 0.2) is 0 Å². The predicted molar refractivity (Wildman–Crippen MR) is 149 cm³/mol. The third-order valence-corrected chi connectivity index (χ3v) is 9.00. The monoisotopic (exact) mass is 584 g/mol. The molecule has 0 aromatic heterocycles. The molecule has 1 aliphatic rings. The zero-order valence-electron chi connectivity index (χ0n) is 22.7. The van der Waals surface area contributed by atoms with Crippen LogP contribution in [0.5, 0.6) is 5.75 Å². The third-order valence-electron chi connectivity index (χ3n) is 6.98. The summed E-state index contributed by atoms with van der Waals surface area (Å²) in [6, 6.07) is 14.8. The minimum Gasteiger partial charge on any atom is -0.487 e. The molecule has 3 atom stereocenters. The highest BCUT2D eigenvalue weighted by molar-refractivity contribution is 7.89. The molecule has 0 unspecified atom stereocenters. The number of amides is 2. The van der Waals surface area contributed by atoms with E-state index in [0.29, 0.717) is 11.1 Å². The largest absolute Gasteiger partial charge is 0.487 e. The number of urea groups is 1. The fourth-order valence-electron chi connectivity index (χ4n) is 4.52. The first-order valence-electron chi connectivity index (χ1n) is 12.9. The lowest BCUT2D eigenvalue weighted by molar-refractivity contribution is 0.0830. The number of ether oxygens (including phenoxy) is 1. The summed E-state index contributed by atoms with van der Waals surface area (Å²) in [5, 5.41) is 21.3. The summed E-state index contributed by atoms with van der Waals surface area (Å²) in [5.41, 5.74) is 1.53. The van der Waals surface area contributed by atoms with Crippen LogP contribution in [0.3, 0.4) is 0 Å². The number of rotatable bonds is 6. The number of likely N-dealkylation sites (N-methyl/N-ethyl adjacent to an activating group) is 1. The Morgan fingerprint density at radius 2 is 1.85 bits per heavy atom. The molecule has 2 N–H and O–H groups in total. The first kappa shape index (κ1) is 29.9. The number of carbonyl (C=O) groups is 1. The van der Waals surface area contributed by atoms with E-state index in [2.05, 4.69) is 11.4 Å². The zero-order chi connectivity index (χ0) is 29.9. The van der Waals surface area contributed by atoms with Gasteiger partial charge in [0.1, 0.15) is 28.4 Å². The van der Waals surface area contributed by atoms with Crippen molar-refractivity contribution in [2.75, 3.05) is 32.1 Å². The lowest BCUT2D eigenvalue weighted by Gasteiger charge is -2.37. The van der Waals surface area contributed by atoms with Crippen molar-refractivity contribution in [3.8, 4) is 22.9 Å². The molecule has 9 nitrogen and oxygen atoms in total. The van der Waals surface area contributed by atoms with Gasteiger partial charge in [-0.25, -0.2) is 22.0 Å². The van der Waals surface area contributed by atoms with Crippen LogP contribution in [-0.2, 0) is 10.0 Å². The van der Waals surface area contributed by atoms with Gasteiger partial charge in [-0.15, -0.1) is 0 Å². The standard InChI is InChI=1S/C29H30F2N4O5S/c1-18-15-35(19(2)17-36)41(38,39)28-11-8-22(21-6-4-20(14-32)5-7-21)12-26(28)40-27(18)16-34(3)29(37)33-25-13-23(30)9-10-24(25)31/h4-13,18-19,27,36H,15-17H2,1-3H3,(H,33,37)/t18-,19+,27-/m0/s1. The summed E-state index contributed by atoms with van der Waals surface area (Å²) in [5.74, 6) is -1.91. The second kappa shape index (κ2) is 12.2. The van der Waals surface area contributed by atoms with Gasteiger partial charge < -0.3 is 20.1 Å². The number of nitrogens with zero attached hydrogens (tertiary/aromatic N) is 3. The number of sulfonamides is 1. The summed E-state index contributed by atoms with van der Waals surface area (Å²) >= 11 is 0. The first-order chi connectivity index (χ1) is 19.4. The molecule has 0 spiro atoms. The number of anilines is 1. The molecule has 3 aromatic rings. The summed E-state index contributed by atoms with van der Waals surface area (Å²) in [6.45, 7) is 2.94. The highest BCUT2D eigenvalue weighted by Crippen LogP contribution is 2.36. The summed E-state index contributed by atoms with van der Waals surface area (Å²) in [6.07, 6.45) is -0.720. The number of nitrogens with one attached hydrogen (secondary N) is 1. The molecule has 0 aliphatic carbocycles. The average Bonchev–Trinajstić information content (AvgIpc) is 2.96. The molecule has 0 radical (unpaired) electrons. The van der Waals surface area contributed by atoms with Crippen molar-refractivity contribution in [2.24, 2.45) is 5.92 Å². The van der Waals surface area contributed by atoms with Crippen molar-refractivity contribution in [1.29, 1.82) is 5.26 Å². The van der Waals surface area contributed by atoms with E-state index in [-0.39, 0.29) is 29.4 Å². The maximum Gasteiger partial charge on any atom is 0.321 e. The predicted octanol–water partition coefficient (Wildman–Crippen LogP) is 4.44. The molecule has 12 heteroatoms. The molecule has 0 saturated heterocycles. The Balaban J connectivity index is 1.69. The Kier molecular flexibility index (Phi) is 8.92. The number of aliphatic hydroxyl groups excluding tert-OH is 1. The normalized spacial score (nSPS) is 19.0. The van der Waals surface area contributed by atoms with Gasteiger partial charge in [-0.05, 0) is 54.4 Å². The fraction of sp³-hybridized carbons (Fsp3) is 0.310. The van der Waals surface area contributed by atoms with Crippen molar-refractivity contribution in [1.82, 2.24) is 9.21 Å². The Morgan fingerprint density at radius 3 is 2.51 bits per heavy atom. The summed E-state index contributed by atoms with van der Waals surface area (Å²) in [7, 11) is -2.62. The van der Waals surface area contributed by atoms with Crippen LogP contribution in [0.4, 0.5) is 19.3 Å². The van der Waals surface area contributed by atoms with Crippen LogP contribution in [0, 0.1) is 28.9 Å². The van der Waals surface area contributed by atoms with Crippen LogP contribution in [0.25, 0.3) is 11.1 Å². The lowest BCUT2D eigenvalue weighted by Crippen LogP contribution is -2.50. The highest BCUT2D eigenvalue weighted by atomic mass is 32.2. The van der Waals surface area contributed by atoms with Gasteiger partial charge in [-0.3, -0.25) is 0 Å². The second-order valence-electron chi connectivity index (χ2n) is 10.0. The number of aliphatic hydroxyl groups is 1. The number of carbonyl (C=O) groups excluding carboxylic acids is 1. The molecule has 41 heavy (non-hydrogen) atoms. The second-order valence-corrected chi connectivity index (χ2v) is 11.9. The number of fused-ring (bicyclic) bond motifs is 1. The molecule has 0 bridgehead atoms. The lowest BCUT2D eigenvalue weighted by atomic mass is 10.0. The van der Waals surface area contributed by atoms with Crippen molar-refractivity contribution in [3.05, 3.63) is 77.9 Å². The van der Waals surface area contributed by atoms with Crippen LogP contribution < -0.4 is 10.1 Å². The molecule has 4 rings (SSSR count). The van der Waals surface area contributed by atoms with Gasteiger partial charge in [-0.2, -0.15) is 9.57 Å². The van der Waals surface area contributed by atoms with Gasteiger partial charge in [0.25, 0.3) is 0 Å². The van der Waals surface area contributed by atoms with Gasteiger partial charge >= 0.3 is 6.03 Å². The smallest absolute Gasteiger partial charge is 0.321 e. The van der Waals surface area contributed by atoms with E-state index in [4.69, 9.17) is 10.00 Å². The summed E-state index contributed by atoms with van der Waals surface area (Å²) in [4.78, 5) is 14.0. The number of nitriles is 1. The fourth-order valence-corrected chi connectivity index (χ4v) is 6.34. The Morgan fingerprint density at radius 1 is 1.17 bits per heavy atom. The molecular formula is C29H30F2N4O5S. The van der Waals surface area contributed by atoms with Crippen molar-refractivity contribution in [3.63, 3.8) is 0 Å². The zero-order valence-corrected chi connectivity index (χ0v) is 23.5. The molecule has 0 fully saturated rings. The third kappa shape index (κ3) is 6.48. The van der Waals surface area contributed by atoms with Crippen LogP contribution >= 0.6 is 0 Å². The summed E-state index contributed by atoms with van der Waals surface area (Å²) < 4.78 is 62.6. The Labute approximate surface area is 237 Å². The van der Waals surface area contributed by atoms with E-state index < -0.39 is 52.4 Å². The number of hydrogen-bond donors (Lipinski definition) is 2. The average molecular weight is 585 g/mol. The van der Waals surface area contributed by atoms with E-state index >= 15 is 0 Å². The van der Waals surface area contributed by atoms with Crippen LogP contribution in [0.15, 0.2) is 65.6 Å².